The van der Waals surface area contributed by atoms with Crippen LogP contribution in [-0.4, -0.2) is 9.97 Å². The van der Waals surface area contributed by atoms with Crippen molar-refractivity contribution < 1.29 is 9.13 Å². The van der Waals surface area contributed by atoms with Crippen molar-refractivity contribution in [3.63, 3.8) is 0 Å². The summed E-state index contributed by atoms with van der Waals surface area (Å²) in [5.74, 6) is 1.41. The number of nitrogen functional groups attached to an aromatic ring is 1. The topological polar surface area (TPSA) is 61.0 Å². The van der Waals surface area contributed by atoms with E-state index in [0.717, 1.165) is 38.2 Å². The highest BCUT2D eigenvalue weighted by Crippen LogP contribution is 2.37. The summed E-state index contributed by atoms with van der Waals surface area (Å²) in [6.07, 6.45) is 1.71. The number of nitrogens with zero attached hydrogens (tertiary/aromatic N) is 2. The Kier molecular flexibility index (Phi) is 7.34. The van der Waals surface area contributed by atoms with Crippen molar-refractivity contribution in [1.82, 2.24) is 9.97 Å². The maximum atomic E-state index is 13.0. The highest BCUT2D eigenvalue weighted by molar-refractivity contribution is 7.80. The van der Waals surface area contributed by atoms with Crippen LogP contribution in [-0.2, 0) is 0 Å². The van der Waals surface area contributed by atoms with Crippen molar-refractivity contribution in [3.8, 4) is 33.3 Å². The van der Waals surface area contributed by atoms with E-state index in [9.17, 15) is 4.39 Å². The lowest BCUT2D eigenvalue weighted by Gasteiger charge is -2.04. The molecule has 4 nitrogen and oxygen atoms in total. The first-order valence-electron chi connectivity index (χ1n) is 10.0. The molecule has 2 aromatic heterocycles. The maximum absolute atomic E-state index is 13.0. The Hall–Kier alpha value is -3.68. The Labute approximate surface area is 201 Å². The van der Waals surface area contributed by atoms with Crippen LogP contribution >= 0.6 is 24.0 Å². The van der Waals surface area contributed by atoms with Crippen LogP contribution in [0.25, 0.3) is 21.8 Å². The van der Waals surface area contributed by atoms with E-state index < -0.39 is 0 Å². The van der Waals surface area contributed by atoms with Gasteiger partial charge >= 0.3 is 0 Å². The first-order chi connectivity index (χ1) is 16.1. The molecule has 0 amide bonds. The van der Waals surface area contributed by atoms with E-state index in [2.05, 4.69) is 22.6 Å². The Morgan fingerprint density at radius 2 is 1.45 bits per heavy atom. The van der Waals surface area contributed by atoms with Gasteiger partial charge < -0.3 is 10.5 Å². The molecule has 0 unspecified atom stereocenters. The zero-order valence-electron chi connectivity index (χ0n) is 17.4. The van der Waals surface area contributed by atoms with Crippen LogP contribution in [0.2, 0.25) is 0 Å². The molecule has 2 N–H and O–H groups in total. The molecule has 0 spiro atoms. The van der Waals surface area contributed by atoms with Gasteiger partial charge in [0.15, 0.2) is 5.13 Å². The normalized spacial score (nSPS) is 10.2. The smallest absolute Gasteiger partial charge is 0.181 e. The maximum Gasteiger partial charge on any atom is 0.181 e. The van der Waals surface area contributed by atoms with Crippen LogP contribution in [0.3, 0.4) is 0 Å². The number of nitrogens with two attached hydrogens (primary N) is 1. The number of hydrogen-bond donors (Lipinski definition) is 2. The summed E-state index contributed by atoms with van der Waals surface area (Å²) in [4.78, 5) is 10.4. The lowest BCUT2D eigenvalue weighted by molar-refractivity contribution is 0.482. The molecular weight excluding hydrogens is 453 g/mol. The largest absolute Gasteiger partial charge is 0.457 e. The average Bonchev–Trinajstić information content (AvgIpc) is 3.24. The lowest BCUT2D eigenvalue weighted by Crippen LogP contribution is -1.87. The van der Waals surface area contributed by atoms with Crippen LogP contribution in [0, 0.1) is 5.82 Å². The van der Waals surface area contributed by atoms with Gasteiger partial charge in [-0.15, -0.1) is 12.6 Å². The summed E-state index contributed by atoms with van der Waals surface area (Å²) in [6, 6.07) is 29.2. The summed E-state index contributed by atoms with van der Waals surface area (Å²) in [7, 11) is 0. The first kappa shape index (κ1) is 22.5. The minimum atomic E-state index is -0.263. The number of aromatic nitrogens is 2. The van der Waals surface area contributed by atoms with Gasteiger partial charge in [-0.05, 0) is 66.2 Å². The SMILES string of the molecule is Nc1nc(-c2ccccn2)c(-c2ccc(F)cc2)s1.Sc1ccc(Oc2ccccc2)cc1. The molecule has 3 aromatic carbocycles. The summed E-state index contributed by atoms with van der Waals surface area (Å²) in [6.45, 7) is 0. The fourth-order valence-corrected chi connectivity index (χ4v) is 3.94. The quantitative estimate of drug-likeness (QED) is 0.268. The Balaban J connectivity index is 0.000000165. The van der Waals surface area contributed by atoms with Crippen molar-refractivity contribution in [2.75, 3.05) is 5.73 Å². The number of pyridine rings is 1. The van der Waals surface area contributed by atoms with E-state index in [4.69, 9.17) is 10.5 Å². The van der Waals surface area contributed by atoms with E-state index in [0.29, 0.717) is 5.13 Å². The zero-order chi connectivity index (χ0) is 23.0. The van der Waals surface area contributed by atoms with Crippen LogP contribution in [0.1, 0.15) is 0 Å². The molecule has 5 aromatic rings. The minimum absolute atomic E-state index is 0.263. The van der Waals surface area contributed by atoms with Gasteiger partial charge in [0.2, 0.25) is 0 Å². The number of anilines is 1. The second-order valence-corrected chi connectivity index (χ2v) is 8.41. The van der Waals surface area contributed by atoms with Gasteiger partial charge in [0, 0.05) is 11.1 Å². The molecule has 0 atom stereocenters. The molecule has 0 fully saturated rings. The average molecular weight is 474 g/mol. The Bertz CT molecular complexity index is 1290. The minimum Gasteiger partial charge on any atom is -0.457 e. The van der Waals surface area contributed by atoms with Crippen molar-refractivity contribution in [2.24, 2.45) is 0 Å². The van der Waals surface area contributed by atoms with Crippen molar-refractivity contribution in [2.45, 2.75) is 4.90 Å². The lowest BCUT2D eigenvalue weighted by atomic mass is 10.1. The molecule has 33 heavy (non-hydrogen) atoms. The molecule has 0 radical (unpaired) electrons. The van der Waals surface area contributed by atoms with E-state index in [1.807, 2.05) is 72.8 Å². The Morgan fingerprint density at radius 1 is 0.788 bits per heavy atom. The van der Waals surface area contributed by atoms with E-state index in [1.54, 1.807) is 18.3 Å². The van der Waals surface area contributed by atoms with Gasteiger partial charge in [0.1, 0.15) is 23.0 Å². The molecule has 0 saturated carbocycles. The standard InChI is InChI=1S/C14H10FN3S.C12H10OS/c15-10-6-4-9(5-7-10)13-12(18-14(16)19-13)11-3-1-2-8-17-11;14-12-8-6-11(7-9-12)13-10-4-2-1-3-5-10/h1-8H,(H2,16,18);1-9,14H. The van der Waals surface area contributed by atoms with Crippen molar-refractivity contribution >= 4 is 29.1 Å². The summed E-state index contributed by atoms with van der Waals surface area (Å²) in [5, 5.41) is 0.472. The predicted octanol–water partition coefficient (Wildman–Crippen LogP) is 7.36. The number of hydrogen-bond acceptors (Lipinski definition) is 6. The molecule has 0 aliphatic carbocycles. The number of thiazole rings is 1. The molecule has 5 rings (SSSR count). The number of ether oxygens (including phenoxy) is 1. The monoisotopic (exact) mass is 473 g/mol. The van der Waals surface area contributed by atoms with Gasteiger partial charge in [0.05, 0.1) is 10.6 Å². The molecule has 0 aliphatic rings. The summed E-state index contributed by atoms with van der Waals surface area (Å²) < 4.78 is 18.6. The Morgan fingerprint density at radius 3 is 2.12 bits per heavy atom. The highest BCUT2D eigenvalue weighted by atomic mass is 32.1. The number of para-hydroxylation sites is 1. The van der Waals surface area contributed by atoms with Crippen LogP contribution in [0.15, 0.2) is 108 Å². The van der Waals surface area contributed by atoms with E-state index in [1.165, 1.54) is 23.5 Å². The zero-order valence-corrected chi connectivity index (χ0v) is 19.1. The number of halogens is 1. The highest BCUT2D eigenvalue weighted by Gasteiger charge is 2.14. The van der Waals surface area contributed by atoms with Crippen LogP contribution in [0.5, 0.6) is 11.5 Å². The van der Waals surface area contributed by atoms with Crippen molar-refractivity contribution in [3.05, 3.63) is 109 Å². The fourth-order valence-electron chi connectivity index (χ4n) is 2.95. The molecule has 164 valence electrons. The fraction of sp³-hybridized carbons (Fsp3) is 0. The number of benzene rings is 3. The summed E-state index contributed by atoms with van der Waals surface area (Å²) in [5.41, 5.74) is 8.17. The van der Waals surface area contributed by atoms with Crippen LogP contribution < -0.4 is 10.5 Å². The van der Waals surface area contributed by atoms with Gasteiger partial charge in [0.25, 0.3) is 0 Å². The second kappa shape index (κ2) is 10.8. The van der Waals surface area contributed by atoms with Crippen LogP contribution in [0.4, 0.5) is 9.52 Å². The van der Waals surface area contributed by atoms with Gasteiger partial charge in [-0.3, -0.25) is 4.98 Å². The van der Waals surface area contributed by atoms with Gasteiger partial charge in [-0.25, -0.2) is 9.37 Å². The molecule has 2 heterocycles. The second-order valence-electron chi connectivity index (χ2n) is 6.86. The molecule has 0 aliphatic heterocycles. The van der Waals surface area contributed by atoms with Gasteiger partial charge in [-0.2, -0.15) is 0 Å². The third-order valence-corrected chi connectivity index (χ3v) is 5.70. The third-order valence-electron chi connectivity index (χ3n) is 4.47. The summed E-state index contributed by atoms with van der Waals surface area (Å²) >= 11 is 5.57. The number of thiol groups is 1. The van der Waals surface area contributed by atoms with Crippen molar-refractivity contribution in [1.29, 1.82) is 0 Å². The third kappa shape index (κ3) is 6.19. The molecular formula is C26H20FN3OS2. The molecule has 0 bridgehead atoms. The molecule has 0 saturated heterocycles. The van der Waals surface area contributed by atoms with E-state index in [-0.39, 0.29) is 5.82 Å². The van der Waals surface area contributed by atoms with Gasteiger partial charge in [-0.1, -0.05) is 47.7 Å². The first-order valence-corrected chi connectivity index (χ1v) is 11.3. The van der Waals surface area contributed by atoms with E-state index >= 15 is 0 Å². The number of rotatable bonds is 4. The molecule has 7 heteroatoms. The predicted molar refractivity (Wildman–Crippen MR) is 135 cm³/mol.